The SMILES string of the molecule is CCCC/C=C/C1CC=C(c2ccc(-c3ccc(CC)c(Cl)c3F)cc2)CC1. The van der Waals surface area contributed by atoms with Gasteiger partial charge in [-0.05, 0) is 60.3 Å². The fraction of sp³-hybridized carbons (Fsp3) is 0.385. The summed E-state index contributed by atoms with van der Waals surface area (Å²) in [6, 6.07) is 12.0. The first-order valence-corrected chi connectivity index (χ1v) is 10.9. The lowest BCUT2D eigenvalue weighted by atomic mass is 9.86. The molecule has 0 aliphatic heterocycles. The van der Waals surface area contributed by atoms with Gasteiger partial charge in [-0.1, -0.05) is 92.9 Å². The molecule has 0 fully saturated rings. The predicted molar refractivity (Wildman–Crippen MR) is 120 cm³/mol. The molecule has 1 aliphatic carbocycles. The Kier molecular flexibility index (Phi) is 7.50. The van der Waals surface area contributed by atoms with Crippen molar-refractivity contribution in [3.05, 3.63) is 76.6 Å². The number of hydrogen-bond acceptors (Lipinski definition) is 0. The van der Waals surface area contributed by atoms with Gasteiger partial charge < -0.3 is 0 Å². The highest BCUT2D eigenvalue weighted by atomic mass is 35.5. The molecule has 2 aromatic carbocycles. The predicted octanol–water partition coefficient (Wildman–Crippen LogP) is 8.64. The molecule has 2 aromatic rings. The van der Waals surface area contributed by atoms with Gasteiger partial charge in [0.25, 0.3) is 0 Å². The molecule has 0 heterocycles. The van der Waals surface area contributed by atoms with Crippen molar-refractivity contribution in [1.82, 2.24) is 0 Å². The van der Waals surface area contributed by atoms with Gasteiger partial charge in [-0.25, -0.2) is 4.39 Å². The Morgan fingerprint density at radius 1 is 1.07 bits per heavy atom. The van der Waals surface area contributed by atoms with Crippen LogP contribution < -0.4 is 0 Å². The maximum Gasteiger partial charge on any atom is 0.149 e. The van der Waals surface area contributed by atoms with E-state index >= 15 is 0 Å². The van der Waals surface area contributed by atoms with Crippen LogP contribution in [-0.2, 0) is 6.42 Å². The van der Waals surface area contributed by atoms with Crippen LogP contribution in [0.5, 0.6) is 0 Å². The Bertz CT molecular complexity index is 845. The Morgan fingerprint density at radius 3 is 2.46 bits per heavy atom. The highest BCUT2D eigenvalue weighted by molar-refractivity contribution is 6.31. The largest absolute Gasteiger partial charge is 0.205 e. The maximum atomic E-state index is 14.6. The molecule has 0 saturated carbocycles. The first kappa shape index (κ1) is 20.9. The van der Waals surface area contributed by atoms with Crippen LogP contribution in [0.15, 0.2) is 54.6 Å². The molecule has 0 radical (unpaired) electrons. The second kappa shape index (κ2) is 10.1. The number of aryl methyl sites for hydroxylation is 1. The van der Waals surface area contributed by atoms with Crippen molar-refractivity contribution >= 4 is 17.2 Å². The van der Waals surface area contributed by atoms with Crippen molar-refractivity contribution in [3.63, 3.8) is 0 Å². The second-order valence-electron chi connectivity index (χ2n) is 7.67. The standard InChI is InChI=1S/C26H30ClF/c1-3-5-6-7-8-19-9-11-21(12-10-19)22-13-15-23(16-14-22)24-18-17-20(4-2)25(27)26(24)28/h7-8,11,13-19H,3-6,9-10,12H2,1-2H3/b8-7+. The molecule has 0 N–H and O–H groups in total. The normalized spacial score (nSPS) is 17.1. The molecule has 148 valence electrons. The zero-order valence-electron chi connectivity index (χ0n) is 17.0. The van der Waals surface area contributed by atoms with Crippen molar-refractivity contribution in [2.45, 2.75) is 58.8 Å². The molecule has 0 bridgehead atoms. The van der Waals surface area contributed by atoms with Crippen molar-refractivity contribution in [2.75, 3.05) is 0 Å². The van der Waals surface area contributed by atoms with Crippen LogP contribution in [0.3, 0.4) is 0 Å². The molecule has 0 aromatic heterocycles. The van der Waals surface area contributed by atoms with Crippen LogP contribution in [0.4, 0.5) is 4.39 Å². The lowest BCUT2D eigenvalue weighted by molar-refractivity contribution is 0.589. The summed E-state index contributed by atoms with van der Waals surface area (Å²) in [6.45, 7) is 4.22. The molecule has 1 aliphatic rings. The zero-order chi connectivity index (χ0) is 19.9. The van der Waals surface area contributed by atoms with Crippen LogP contribution in [0, 0.1) is 11.7 Å². The monoisotopic (exact) mass is 396 g/mol. The van der Waals surface area contributed by atoms with Crippen molar-refractivity contribution < 1.29 is 4.39 Å². The fourth-order valence-electron chi connectivity index (χ4n) is 3.85. The topological polar surface area (TPSA) is 0 Å². The number of halogens is 2. The van der Waals surface area contributed by atoms with E-state index in [1.54, 1.807) is 0 Å². The van der Waals surface area contributed by atoms with Crippen molar-refractivity contribution in [3.8, 4) is 11.1 Å². The minimum absolute atomic E-state index is 0.247. The minimum atomic E-state index is -0.316. The molecule has 0 saturated heterocycles. The molecule has 0 spiro atoms. The number of unbranched alkanes of at least 4 members (excludes halogenated alkanes) is 2. The summed E-state index contributed by atoms with van der Waals surface area (Å²) in [6.07, 6.45) is 15.0. The number of rotatable bonds is 7. The molecular formula is C26H30ClF. The second-order valence-corrected chi connectivity index (χ2v) is 8.04. The van der Waals surface area contributed by atoms with E-state index in [1.807, 2.05) is 31.2 Å². The van der Waals surface area contributed by atoms with E-state index in [2.05, 4.69) is 37.3 Å². The van der Waals surface area contributed by atoms with Gasteiger partial charge in [-0.3, -0.25) is 0 Å². The van der Waals surface area contributed by atoms with E-state index in [9.17, 15) is 4.39 Å². The summed E-state index contributed by atoms with van der Waals surface area (Å²) in [4.78, 5) is 0. The van der Waals surface area contributed by atoms with Crippen LogP contribution in [0.2, 0.25) is 5.02 Å². The highest BCUT2D eigenvalue weighted by Crippen LogP contribution is 2.34. The summed E-state index contributed by atoms with van der Waals surface area (Å²) in [5, 5.41) is 0.247. The van der Waals surface area contributed by atoms with Gasteiger partial charge >= 0.3 is 0 Å². The lowest BCUT2D eigenvalue weighted by Crippen LogP contribution is -2.02. The smallest absolute Gasteiger partial charge is 0.149 e. The van der Waals surface area contributed by atoms with Gasteiger partial charge in [0, 0.05) is 5.56 Å². The van der Waals surface area contributed by atoms with Gasteiger partial charge in [0.1, 0.15) is 5.82 Å². The third-order valence-electron chi connectivity index (χ3n) is 5.69. The maximum absolute atomic E-state index is 14.6. The quantitative estimate of drug-likeness (QED) is 0.324. The zero-order valence-corrected chi connectivity index (χ0v) is 17.7. The number of allylic oxidation sites excluding steroid dienone is 4. The van der Waals surface area contributed by atoms with E-state index < -0.39 is 0 Å². The van der Waals surface area contributed by atoms with Gasteiger partial charge in [-0.2, -0.15) is 0 Å². The summed E-state index contributed by atoms with van der Waals surface area (Å²) in [5.41, 5.74) is 4.95. The number of benzene rings is 2. The van der Waals surface area contributed by atoms with Crippen molar-refractivity contribution in [1.29, 1.82) is 0 Å². The van der Waals surface area contributed by atoms with Crippen LogP contribution in [0.1, 0.15) is 63.5 Å². The summed E-state index contributed by atoms with van der Waals surface area (Å²) in [5.74, 6) is 0.358. The van der Waals surface area contributed by atoms with Gasteiger partial charge in [0.15, 0.2) is 0 Å². The van der Waals surface area contributed by atoms with Crippen LogP contribution >= 0.6 is 11.6 Å². The summed E-state index contributed by atoms with van der Waals surface area (Å²) in [7, 11) is 0. The molecule has 28 heavy (non-hydrogen) atoms. The van der Waals surface area contributed by atoms with Crippen molar-refractivity contribution in [2.24, 2.45) is 5.92 Å². The van der Waals surface area contributed by atoms with E-state index in [0.717, 1.165) is 30.4 Å². The van der Waals surface area contributed by atoms with Gasteiger partial charge in [-0.15, -0.1) is 0 Å². The Hall–Kier alpha value is -1.86. The van der Waals surface area contributed by atoms with Crippen LogP contribution in [0.25, 0.3) is 16.7 Å². The van der Waals surface area contributed by atoms with Gasteiger partial charge in [0.05, 0.1) is 5.02 Å². The van der Waals surface area contributed by atoms with E-state index in [0.29, 0.717) is 11.5 Å². The average molecular weight is 397 g/mol. The molecule has 1 atom stereocenters. The first-order chi connectivity index (χ1) is 13.6. The highest BCUT2D eigenvalue weighted by Gasteiger charge is 2.15. The minimum Gasteiger partial charge on any atom is -0.205 e. The molecule has 3 rings (SSSR count). The molecule has 0 amide bonds. The Labute approximate surface area is 174 Å². The lowest BCUT2D eigenvalue weighted by Gasteiger charge is -2.20. The van der Waals surface area contributed by atoms with Crippen LogP contribution in [-0.4, -0.2) is 0 Å². The Balaban J connectivity index is 1.69. The van der Waals surface area contributed by atoms with Gasteiger partial charge in [0.2, 0.25) is 0 Å². The van der Waals surface area contributed by atoms with E-state index in [1.165, 1.54) is 36.8 Å². The molecule has 0 nitrogen and oxygen atoms in total. The van der Waals surface area contributed by atoms with E-state index in [-0.39, 0.29) is 10.8 Å². The molecule has 2 heteroatoms. The third-order valence-corrected chi connectivity index (χ3v) is 6.10. The Morgan fingerprint density at radius 2 is 1.82 bits per heavy atom. The van der Waals surface area contributed by atoms with E-state index in [4.69, 9.17) is 11.6 Å². The summed E-state index contributed by atoms with van der Waals surface area (Å²) >= 11 is 6.18. The average Bonchev–Trinajstić information content (AvgIpc) is 2.74. The first-order valence-electron chi connectivity index (χ1n) is 10.6. The molecule has 1 unspecified atom stereocenters. The number of hydrogen-bond donors (Lipinski definition) is 0. The summed E-state index contributed by atoms with van der Waals surface area (Å²) < 4.78 is 14.6. The fourth-order valence-corrected chi connectivity index (χ4v) is 4.15. The molecular weight excluding hydrogens is 367 g/mol. The third kappa shape index (κ3) is 4.94.